The number of rotatable bonds is 6. The first-order valence-corrected chi connectivity index (χ1v) is 11.6. The van der Waals surface area contributed by atoms with Gasteiger partial charge in [0.25, 0.3) is 5.56 Å². The Labute approximate surface area is 206 Å². The average molecular weight is 495 g/mol. The van der Waals surface area contributed by atoms with Crippen LogP contribution in [-0.2, 0) is 4.79 Å². The first-order valence-electron chi connectivity index (χ1n) is 10.8. The summed E-state index contributed by atoms with van der Waals surface area (Å²) in [6.07, 6.45) is 2.11. The van der Waals surface area contributed by atoms with Crippen molar-refractivity contribution in [1.29, 1.82) is 0 Å². The highest BCUT2D eigenvalue weighted by molar-refractivity contribution is 7.71. The summed E-state index contributed by atoms with van der Waals surface area (Å²) >= 11 is 11.3. The number of nitrogens with one attached hydrogen (secondary N) is 1. The Morgan fingerprint density at radius 3 is 2.62 bits per heavy atom. The van der Waals surface area contributed by atoms with Crippen LogP contribution in [0.3, 0.4) is 0 Å². The van der Waals surface area contributed by atoms with Crippen molar-refractivity contribution < 1.29 is 9.90 Å². The van der Waals surface area contributed by atoms with Crippen LogP contribution in [-0.4, -0.2) is 38.6 Å². The average Bonchev–Trinajstić information content (AvgIpc) is 3.15. The van der Waals surface area contributed by atoms with Gasteiger partial charge in [0.15, 0.2) is 4.77 Å². The van der Waals surface area contributed by atoms with Gasteiger partial charge in [0.1, 0.15) is 5.56 Å². The smallest absolute Gasteiger partial charge is 0.262 e. The molecule has 1 aliphatic rings. The maximum absolute atomic E-state index is 12.8. The third-order valence-electron chi connectivity index (χ3n) is 5.72. The van der Waals surface area contributed by atoms with Gasteiger partial charge >= 0.3 is 0 Å². The van der Waals surface area contributed by atoms with E-state index in [2.05, 4.69) is 4.98 Å². The predicted molar refractivity (Wildman–Crippen MR) is 135 cm³/mol. The molecule has 0 atom stereocenters. The number of carbonyl (C=O) groups is 1. The number of aromatic nitrogens is 2. The summed E-state index contributed by atoms with van der Waals surface area (Å²) in [5.41, 5.74) is 1.52. The molecule has 2 N–H and O–H groups in total. The van der Waals surface area contributed by atoms with Gasteiger partial charge in [-0.3, -0.25) is 19.1 Å². The van der Waals surface area contributed by atoms with Crippen LogP contribution in [0.5, 0.6) is 5.88 Å². The molecule has 7 nitrogen and oxygen atoms in total. The molecule has 0 unspecified atom stereocenters. The van der Waals surface area contributed by atoms with Crippen LogP contribution in [0.2, 0.25) is 5.02 Å². The molecule has 2 aromatic carbocycles. The van der Waals surface area contributed by atoms with E-state index in [4.69, 9.17) is 28.8 Å². The Morgan fingerprint density at radius 2 is 1.94 bits per heavy atom. The third kappa shape index (κ3) is 4.60. The summed E-state index contributed by atoms with van der Waals surface area (Å²) < 4.78 is 1.43. The fourth-order valence-corrected chi connectivity index (χ4v) is 4.37. The van der Waals surface area contributed by atoms with Gasteiger partial charge < -0.3 is 10.0 Å². The van der Waals surface area contributed by atoms with Crippen LogP contribution in [0.4, 0.5) is 0 Å². The van der Waals surface area contributed by atoms with E-state index in [-0.39, 0.29) is 22.1 Å². The highest BCUT2D eigenvalue weighted by atomic mass is 35.5. The molecule has 0 fully saturated rings. The van der Waals surface area contributed by atoms with Crippen molar-refractivity contribution in [2.45, 2.75) is 20.3 Å². The molecule has 0 saturated carbocycles. The quantitative estimate of drug-likeness (QED) is 0.514. The van der Waals surface area contributed by atoms with Gasteiger partial charge in [-0.05, 0) is 67.5 Å². The number of aromatic amines is 1. The summed E-state index contributed by atoms with van der Waals surface area (Å²) in [5.74, 6) is -0.302. The molecule has 9 heteroatoms. The van der Waals surface area contributed by atoms with Crippen LogP contribution < -0.4 is 16.1 Å². The minimum Gasteiger partial charge on any atom is -0.494 e. The molecule has 0 aliphatic carbocycles. The molecule has 174 valence electrons. The Hall–Kier alpha value is -3.49. The Balaban J connectivity index is 1.84. The van der Waals surface area contributed by atoms with Crippen molar-refractivity contribution in [3.05, 3.63) is 90.5 Å². The highest BCUT2D eigenvalue weighted by Crippen LogP contribution is 2.26. The van der Waals surface area contributed by atoms with Crippen LogP contribution >= 0.6 is 23.8 Å². The van der Waals surface area contributed by atoms with E-state index in [1.807, 2.05) is 31.2 Å². The van der Waals surface area contributed by atoms with E-state index in [9.17, 15) is 14.7 Å². The fraction of sp³-hybridized carbons (Fsp3) is 0.200. The number of allylic oxidation sites excluding steroid dienone is 1. The van der Waals surface area contributed by atoms with E-state index in [1.54, 1.807) is 42.2 Å². The number of hydrogen-bond acceptors (Lipinski definition) is 5. The van der Waals surface area contributed by atoms with E-state index in [0.717, 1.165) is 16.1 Å². The number of aromatic hydroxyl groups is 1. The summed E-state index contributed by atoms with van der Waals surface area (Å²) in [5, 5.41) is 13.3. The second-order valence-electron chi connectivity index (χ2n) is 7.79. The molecule has 1 amide bonds. The zero-order valence-corrected chi connectivity index (χ0v) is 20.3. The Morgan fingerprint density at radius 1 is 1.24 bits per heavy atom. The number of carbonyl (C=O) groups excluding carboxylic acids is 1. The van der Waals surface area contributed by atoms with Crippen LogP contribution in [0.1, 0.15) is 25.8 Å². The lowest BCUT2D eigenvalue weighted by molar-refractivity contribution is -0.128. The molecular weight excluding hydrogens is 472 g/mol. The molecule has 34 heavy (non-hydrogen) atoms. The van der Waals surface area contributed by atoms with Gasteiger partial charge in [0.05, 0.1) is 16.7 Å². The fourth-order valence-electron chi connectivity index (χ4n) is 3.96. The number of benzene rings is 2. The van der Waals surface area contributed by atoms with Crippen molar-refractivity contribution in [2.75, 3.05) is 13.1 Å². The lowest BCUT2D eigenvalue weighted by Gasteiger charge is -2.19. The van der Waals surface area contributed by atoms with Crippen molar-refractivity contribution >= 4 is 41.4 Å². The molecule has 0 radical (unpaired) electrons. The molecule has 3 aromatic rings. The van der Waals surface area contributed by atoms with Crippen molar-refractivity contribution in [3.63, 3.8) is 0 Å². The number of para-hydroxylation sites is 1. The van der Waals surface area contributed by atoms with Gasteiger partial charge in [-0.2, -0.15) is 0 Å². The lowest BCUT2D eigenvalue weighted by Crippen LogP contribution is -2.30. The summed E-state index contributed by atoms with van der Waals surface area (Å²) in [6.45, 7) is 4.59. The number of fused-ring (bicyclic) bond motifs is 1. The number of H-pyrrole nitrogens is 1. The number of amides is 1. The van der Waals surface area contributed by atoms with Crippen molar-refractivity contribution in [1.82, 2.24) is 14.5 Å². The largest absolute Gasteiger partial charge is 0.494 e. The Kier molecular flexibility index (Phi) is 6.81. The molecule has 1 aliphatic heterocycles. The SMILES string of the molecule is CCN(CCC1=c2ccccc2=N/C1=C\c1c(O)n(-c2ccc(Cl)cc2)c(=S)[nH]c1=O)C(C)=O. The van der Waals surface area contributed by atoms with E-state index < -0.39 is 5.56 Å². The third-order valence-corrected chi connectivity index (χ3v) is 6.26. The molecule has 1 aromatic heterocycles. The van der Waals surface area contributed by atoms with Gasteiger partial charge in [0.2, 0.25) is 11.8 Å². The van der Waals surface area contributed by atoms with Crippen molar-refractivity contribution in [2.24, 2.45) is 4.99 Å². The minimum atomic E-state index is -0.523. The molecular formula is C25H23ClN4O3S. The second-order valence-corrected chi connectivity index (χ2v) is 8.62. The first kappa shape index (κ1) is 23.7. The van der Waals surface area contributed by atoms with Gasteiger partial charge in [-0.25, -0.2) is 4.99 Å². The van der Waals surface area contributed by atoms with Gasteiger partial charge in [-0.1, -0.05) is 29.8 Å². The Bertz CT molecular complexity index is 1540. The first-order chi connectivity index (χ1) is 16.3. The summed E-state index contributed by atoms with van der Waals surface area (Å²) in [7, 11) is 0. The maximum atomic E-state index is 12.8. The topological polar surface area (TPSA) is 90.7 Å². The lowest BCUT2D eigenvalue weighted by atomic mass is 10.1. The molecule has 0 saturated heterocycles. The van der Waals surface area contributed by atoms with Gasteiger partial charge in [0, 0.05) is 30.3 Å². The summed E-state index contributed by atoms with van der Waals surface area (Å²) in [4.78, 5) is 33.8. The zero-order valence-electron chi connectivity index (χ0n) is 18.7. The molecule has 0 bridgehead atoms. The maximum Gasteiger partial charge on any atom is 0.262 e. The summed E-state index contributed by atoms with van der Waals surface area (Å²) in [6, 6.07) is 14.4. The molecule has 0 spiro atoms. The highest BCUT2D eigenvalue weighted by Gasteiger charge is 2.19. The number of hydrogen-bond donors (Lipinski definition) is 2. The van der Waals surface area contributed by atoms with Crippen LogP contribution in [0.25, 0.3) is 17.3 Å². The van der Waals surface area contributed by atoms with E-state index >= 15 is 0 Å². The normalized spacial score (nSPS) is 13.6. The standard InChI is InChI=1S/C25H23ClN4O3S/c1-3-29(15(2)31)13-12-19-18-6-4-5-7-21(18)27-22(19)14-20-23(32)28-25(34)30(24(20)33)17-10-8-16(26)9-11-17/h4-11,14,33H,3,12-13H2,1-2H3,(H,28,32,34)/b22-14-. The predicted octanol–water partition coefficient (Wildman–Crippen LogP) is 3.34. The zero-order chi connectivity index (χ0) is 24.4. The minimum absolute atomic E-state index is 0.00372. The second kappa shape index (κ2) is 9.79. The van der Waals surface area contributed by atoms with E-state index in [1.165, 1.54) is 4.57 Å². The number of halogens is 1. The van der Waals surface area contributed by atoms with Gasteiger partial charge in [-0.15, -0.1) is 0 Å². The van der Waals surface area contributed by atoms with Crippen LogP contribution in [0, 0.1) is 4.77 Å². The molecule has 2 heterocycles. The molecule has 4 rings (SSSR count). The number of nitrogens with zero attached hydrogens (tertiary/aromatic N) is 3. The monoisotopic (exact) mass is 494 g/mol. The van der Waals surface area contributed by atoms with Crippen LogP contribution in [0.15, 0.2) is 64.0 Å². The van der Waals surface area contributed by atoms with Crippen molar-refractivity contribution in [3.8, 4) is 11.6 Å². The van der Waals surface area contributed by atoms with E-state index in [0.29, 0.717) is 35.9 Å².